The molecule has 1 aromatic heterocycles. The van der Waals surface area contributed by atoms with E-state index < -0.39 is 5.97 Å². The quantitative estimate of drug-likeness (QED) is 0.632. The van der Waals surface area contributed by atoms with Crippen LogP contribution in [-0.4, -0.2) is 60.4 Å². The zero-order chi connectivity index (χ0) is 16.9. The molecule has 1 aromatic carbocycles. The summed E-state index contributed by atoms with van der Waals surface area (Å²) in [7, 11) is 0. The number of nitrogens with one attached hydrogen (secondary N) is 2. The highest BCUT2D eigenvalue weighted by atomic mass is 35.5. The number of aromatic carboxylic acids is 1. The van der Waals surface area contributed by atoms with E-state index in [4.69, 9.17) is 4.74 Å². The Balaban J connectivity index is 0.00000169. The number of H-pyrrole nitrogens is 1. The highest BCUT2D eigenvalue weighted by Crippen LogP contribution is 2.11. The van der Waals surface area contributed by atoms with Gasteiger partial charge >= 0.3 is 5.97 Å². The minimum absolute atomic E-state index is 0. The molecule has 2 heterocycles. The van der Waals surface area contributed by atoms with E-state index in [-0.39, 0.29) is 48.0 Å². The standard InChI is InChI=1S/C17H21N3O4.2ClH/c21-16-12-3-1-2-4-14(12)19-15(17(22)23)13(16)11-18-5-6-20-7-9-24-10-8-20;;/h1-4,18H,5-11H2,(H,19,21)(H,22,23);2*1H. The average molecular weight is 404 g/mol. The first-order valence-electron chi connectivity index (χ1n) is 8.05. The number of para-hydroxylation sites is 1. The third kappa shape index (κ3) is 5.18. The van der Waals surface area contributed by atoms with E-state index in [0.29, 0.717) is 17.4 Å². The van der Waals surface area contributed by atoms with E-state index in [1.165, 1.54) is 0 Å². The predicted octanol–water partition coefficient (Wildman–Crippen LogP) is 1.49. The molecule has 2 aromatic rings. The second-order valence-electron chi connectivity index (χ2n) is 5.79. The van der Waals surface area contributed by atoms with Crippen LogP contribution >= 0.6 is 24.8 Å². The molecule has 0 saturated carbocycles. The summed E-state index contributed by atoms with van der Waals surface area (Å²) in [6.07, 6.45) is 0. The topological polar surface area (TPSA) is 94.7 Å². The van der Waals surface area contributed by atoms with Gasteiger partial charge in [-0.25, -0.2) is 4.79 Å². The van der Waals surface area contributed by atoms with Gasteiger partial charge in [0, 0.05) is 49.2 Å². The van der Waals surface area contributed by atoms with Crippen molar-refractivity contribution in [2.24, 2.45) is 0 Å². The largest absolute Gasteiger partial charge is 0.477 e. The Morgan fingerprint density at radius 1 is 1.23 bits per heavy atom. The van der Waals surface area contributed by atoms with Gasteiger partial charge in [0.05, 0.1) is 13.2 Å². The predicted molar refractivity (Wildman–Crippen MR) is 105 cm³/mol. The molecule has 1 aliphatic rings. The van der Waals surface area contributed by atoms with Gasteiger partial charge in [0.1, 0.15) is 5.69 Å². The van der Waals surface area contributed by atoms with Crippen LogP contribution in [0, 0.1) is 0 Å². The van der Waals surface area contributed by atoms with Crippen LogP contribution in [0.25, 0.3) is 10.9 Å². The lowest BCUT2D eigenvalue weighted by atomic mass is 10.1. The number of morpholine rings is 1. The van der Waals surface area contributed by atoms with Crippen molar-refractivity contribution < 1.29 is 14.6 Å². The number of ether oxygens (including phenoxy) is 1. The summed E-state index contributed by atoms with van der Waals surface area (Å²) in [6, 6.07) is 6.95. The minimum atomic E-state index is -1.12. The molecule has 1 fully saturated rings. The number of benzene rings is 1. The van der Waals surface area contributed by atoms with E-state index in [1.807, 2.05) is 0 Å². The number of carboxylic acids is 1. The summed E-state index contributed by atoms with van der Waals surface area (Å²) in [5.74, 6) is -1.12. The maximum absolute atomic E-state index is 12.6. The molecule has 144 valence electrons. The van der Waals surface area contributed by atoms with E-state index in [9.17, 15) is 14.7 Å². The van der Waals surface area contributed by atoms with Gasteiger partial charge in [0.25, 0.3) is 0 Å². The van der Waals surface area contributed by atoms with Crippen LogP contribution in [0.2, 0.25) is 0 Å². The zero-order valence-corrected chi connectivity index (χ0v) is 15.8. The number of hydrogen-bond acceptors (Lipinski definition) is 5. The molecule has 0 spiro atoms. The summed E-state index contributed by atoms with van der Waals surface area (Å²) < 4.78 is 5.30. The Morgan fingerprint density at radius 2 is 1.92 bits per heavy atom. The van der Waals surface area contributed by atoms with Gasteiger partial charge in [0.2, 0.25) is 0 Å². The van der Waals surface area contributed by atoms with Crippen LogP contribution < -0.4 is 10.7 Å². The van der Waals surface area contributed by atoms with Crippen molar-refractivity contribution in [1.29, 1.82) is 0 Å². The molecule has 3 N–H and O–H groups in total. The number of carbonyl (C=O) groups is 1. The second-order valence-corrected chi connectivity index (χ2v) is 5.79. The Morgan fingerprint density at radius 3 is 2.62 bits per heavy atom. The fraction of sp³-hybridized carbons (Fsp3) is 0.412. The first-order chi connectivity index (χ1) is 11.7. The van der Waals surface area contributed by atoms with Gasteiger partial charge in [-0.05, 0) is 12.1 Å². The number of pyridine rings is 1. The molecular formula is C17H23Cl2N3O4. The highest BCUT2D eigenvalue weighted by Gasteiger charge is 2.17. The Labute approximate surface area is 163 Å². The number of rotatable bonds is 6. The maximum atomic E-state index is 12.6. The lowest BCUT2D eigenvalue weighted by molar-refractivity contribution is 0.0384. The monoisotopic (exact) mass is 403 g/mol. The number of carboxylic acid groups (broad SMARTS) is 1. The molecule has 9 heteroatoms. The van der Waals surface area contributed by atoms with Crippen molar-refractivity contribution in [3.05, 3.63) is 45.7 Å². The molecule has 1 aliphatic heterocycles. The smallest absolute Gasteiger partial charge is 0.352 e. The molecular weight excluding hydrogens is 381 g/mol. The van der Waals surface area contributed by atoms with Crippen molar-refractivity contribution >= 4 is 41.7 Å². The van der Waals surface area contributed by atoms with Crippen molar-refractivity contribution in [3.8, 4) is 0 Å². The van der Waals surface area contributed by atoms with Crippen LogP contribution in [-0.2, 0) is 11.3 Å². The van der Waals surface area contributed by atoms with Crippen LogP contribution in [0.1, 0.15) is 16.1 Å². The molecule has 0 aliphatic carbocycles. The Bertz CT molecular complexity index is 791. The summed E-state index contributed by atoms with van der Waals surface area (Å²) in [6.45, 7) is 5.05. The Kier molecular flexibility index (Phi) is 9.04. The lowest BCUT2D eigenvalue weighted by Crippen LogP contribution is -2.40. The van der Waals surface area contributed by atoms with E-state index >= 15 is 0 Å². The van der Waals surface area contributed by atoms with Crippen LogP contribution in [0.15, 0.2) is 29.1 Å². The first-order valence-corrected chi connectivity index (χ1v) is 8.05. The number of nitrogens with zero attached hydrogens (tertiary/aromatic N) is 1. The fourth-order valence-corrected chi connectivity index (χ4v) is 2.90. The molecule has 3 rings (SSSR count). The number of aromatic nitrogens is 1. The van der Waals surface area contributed by atoms with E-state index in [0.717, 1.165) is 32.8 Å². The van der Waals surface area contributed by atoms with Crippen LogP contribution in [0.5, 0.6) is 0 Å². The normalized spacial score (nSPS) is 14.5. The van der Waals surface area contributed by atoms with Crippen molar-refractivity contribution in [3.63, 3.8) is 0 Å². The van der Waals surface area contributed by atoms with Crippen molar-refractivity contribution in [2.45, 2.75) is 6.54 Å². The van der Waals surface area contributed by atoms with Crippen molar-refractivity contribution in [1.82, 2.24) is 15.2 Å². The van der Waals surface area contributed by atoms with Gasteiger partial charge in [-0.2, -0.15) is 0 Å². The lowest BCUT2D eigenvalue weighted by Gasteiger charge is -2.26. The summed E-state index contributed by atoms with van der Waals surface area (Å²) in [5, 5.41) is 13.1. The number of halogens is 2. The third-order valence-corrected chi connectivity index (χ3v) is 4.23. The van der Waals surface area contributed by atoms with Gasteiger partial charge in [0.15, 0.2) is 5.43 Å². The van der Waals surface area contributed by atoms with Crippen molar-refractivity contribution in [2.75, 3.05) is 39.4 Å². The van der Waals surface area contributed by atoms with Gasteiger partial charge in [-0.3, -0.25) is 9.69 Å². The average Bonchev–Trinajstić information content (AvgIpc) is 2.61. The summed E-state index contributed by atoms with van der Waals surface area (Å²) in [4.78, 5) is 29.2. The third-order valence-electron chi connectivity index (χ3n) is 4.23. The van der Waals surface area contributed by atoms with Gasteiger partial charge < -0.3 is 20.1 Å². The first kappa shape index (κ1) is 22.4. The number of hydrogen-bond donors (Lipinski definition) is 3. The molecule has 7 nitrogen and oxygen atoms in total. The zero-order valence-electron chi connectivity index (χ0n) is 14.2. The fourth-order valence-electron chi connectivity index (χ4n) is 2.90. The second kappa shape index (κ2) is 10.5. The highest BCUT2D eigenvalue weighted by molar-refractivity contribution is 5.91. The molecule has 0 radical (unpaired) electrons. The van der Waals surface area contributed by atoms with Crippen LogP contribution in [0.4, 0.5) is 0 Å². The van der Waals surface area contributed by atoms with Gasteiger partial charge in [-0.1, -0.05) is 12.1 Å². The maximum Gasteiger partial charge on any atom is 0.352 e. The summed E-state index contributed by atoms with van der Waals surface area (Å²) >= 11 is 0. The number of fused-ring (bicyclic) bond motifs is 1. The van der Waals surface area contributed by atoms with Crippen LogP contribution in [0.3, 0.4) is 0 Å². The molecule has 26 heavy (non-hydrogen) atoms. The number of aromatic amines is 1. The molecule has 0 unspecified atom stereocenters. The van der Waals surface area contributed by atoms with E-state index in [1.54, 1.807) is 24.3 Å². The minimum Gasteiger partial charge on any atom is -0.477 e. The molecule has 0 atom stereocenters. The van der Waals surface area contributed by atoms with E-state index in [2.05, 4.69) is 15.2 Å². The Hall–Kier alpha value is -1.64. The summed E-state index contributed by atoms with van der Waals surface area (Å²) in [5.41, 5.74) is 0.526. The molecule has 0 bridgehead atoms. The SMILES string of the molecule is Cl.Cl.O=C(O)c1[nH]c2ccccc2c(=O)c1CNCCN1CCOCC1. The molecule has 1 saturated heterocycles. The molecule has 0 amide bonds. The van der Waals surface area contributed by atoms with Gasteiger partial charge in [-0.15, -0.1) is 24.8 Å².